The van der Waals surface area contributed by atoms with Crippen molar-refractivity contribution in [1.29, 1.82) is 0 Å². The van der Waals surface area contributed by atoms with Gasteiger partial charge in [-0.3, -0.25) is 9.78 Å². The number of anilines is 1. The number of rotatable bonds is 6. The number of hydrogen-bond donors (Lipinski definition) is 1. The van der Waals surface area contributed by atoms with Crippen molar-refractivity contribution in [3.8, 4) is 34.1 Å². The summed E-state index contributed by atoms with van der Waals surface area (Å²) in [6, 6.07) is 24.8. The molecule has 4 aromatic rings. The van der Waals surface area contributed by atoms with E-state index in [4.69, 9.17) is 14.2 Å². The Labute approximate surface area is 198 Å². The predicted octanol–water partition coefficient (Wildman–Crippen LogP) is 5.74. The SMILES string of the molecule is COc1ccc2c(c1)CC(C(=O)Nc1ccc(-c3ccncc3)cc1Oc1ccccc1)CO2. The first kappa shape index (κ1) is 21.5. The van der Waals surface area contributed by atoms with E-state index in [1.807, 2.05) is 78.9 Å². The van der Waals surface area contributed by atoms with Gasteiger partial charge in [-0.2, -0.15) is 0 Å². The van der Waals surface area contributed by atoms with Crippen LogP contribution < -0.4 is 19.5 Å². The van der Waals surface area contributed by atoms with Gasteiger partial charge < -0.3 is 19.5 Å². The number of pyridine rings is 1. The van der Waals surface area contributed by atoms with Crippen LogP contribution in [0, 0.1) is 5.92 Å². The molecule has 3 aromatic carbocycles. The van der Waals surface area contributed by atoms with Crippen LogP contribution in [0.25, 0.3) is 11.1 Å². The summed E-state index contributed by atoms with van der Waals surface area (Å²) < 4.78 is 17.3. The number of fused-ring (bicyclic) bond motifs is 1. The quantitative estimate of drug-likeness (QED) is 0.404. The molecule has 1 aliphatic heterocycles. The molecular formula is C28H24N2O4. The third-order valence-electron chi connectivity index (χ3n) is 5.77. The molecule has 1 amide bonds. The number of nitrogens with zero attached hydrogens (tertiary/aromatic N) is 1. The normalized spacial score (nSPS) is 14.4. The van der Waals surface area contributed by atoms with Crippen molar-refractivity contribution >= 4 is 11.6 Å². The van der Waals surface area contributed by atoms with E-state index in [9.17, 15) is 4.79 Å². The summed E-state index contributed by atoms with van der Waals surface area (Å²) in [5.41, 5.74) is 3.54. The molecule has 2 heterocycles. The highest BCUT2D eigenvalue weighted by molar-refractivity contribution is 5.95. The minimum atomic E-state index is -0.330. The Morgan fingerprint density at radius 1 is 0.941 bits per heavy atom. The summed E-state index contributed by atoms with van der Waals surface area (Å²) in [5, 5.41) is 3.05. The fourth-order valence-corrected chi connectivity index (χ4v) is 3.95. The number of amides is 1. The first-order valence-electron chi connectivity index (χ1n) is 11.1. The molecule has 0 aliphatic carbocycles. The average Bonchev–Trinajstić information content (AvgIpc) is 2.90. The van der Waals surface area contributed by atoms with Gasteiger partial charge in [0.15, 0.2) is 5.75 Å². The molecule has 0 saturated carbocycles. The minimum absolute atomic E-state index is 0.122. The van der Waals surface area contributed by atoms with Gasteiger partial charge in [-0.1, -0.05) is 24.3 Å². The van der Waals surface area contributed by atoms with E-state index in [0.29, 0.717) is 30.2 Å². The molecule has 0 fully saturated rings. The maximum Gasteiger partial charge on any atom is 0.231 e. The number of para-hydroxylation sites is 1. The monoisotopic (exact) mass is 452 g/mol. The van der Waals surface area contributed by atoms with Crippen LogP contribution in [0.1, 0.15) is 5.56 Å². The van der Waals surface area contributed by atoms with Crippen molar-refractivity contribution in [2.75, 3.05) is 19.0 Å². The molecule has 0 spiro atoms. The van der Waals surface area contributed by atoms with Crippen LogP contribution >= 0.6 is 0 Å². The second kappa shape index (κ2) is 9.67. The Balaban J connectivity index is 1.40. The lowest BCUT2D eigenvalue weighted by Gasteiger charge is -2.25. The van der Waals surface area contributed by atoms with Crippen LogP contribution in [-0.2, 0) is 11.2 Å². The average molecular weight is 453 g/mol. The van der Waals surface area contributed by atoms with Gasteiger partial charge in [-0.05, 0) is 77.7 Å². The maximum atomic E-state index is 13.2. The highest BCUT2D eigenvalue weighted by Gasteiger charge is 2.27. The molecule has 1 aromatic heterocycles. The first-order valence-corrected chi connectivity index (χ1v) is 11.1. The Bertz CT molecular complexity index is 1290. The third-order valence-corrected chi connectivity index (χ3v) is 5.77. The van der Waals surface area contributed by atoms with E-state index < -0.39 is 0 Å². The van der Waals surface area contributed by atoms with Crippen LogP contribution in [0.3, 0.4) is 0 Å². The molecular weight excluding hydrogens is 428 g/mol. The molecule has 1 atom stereocenters. The number of nitrogens with one attached hydrogen (secondary N) is 1. The molecule has 0 radical (unpaired) electrons. The molecule has 1 N–H and O–H groups in total. The van der Waals surface area contributed by atoms with E-state index in [1.54, 1.807) is 19.5 Å². The van der Waals surface area contributed by atoms with Gasteiger partial charge in [-0.15, -0.1) is 0 Å². The topological polar surface area (TPSA) is 69.7 Å². The number of hydrogen-bond acceptors (Lipinski definition) is 5. The number of methoxy groups -OCH3 is 1. The molecule has 0 bridgehead atoms. The fourth-order valence-electron chi connectivity index (χ4n) is 3.95. The zero-order valence-electron chi connectivity index (χ0n) is 18.7. The van der Waals surface area contributed by atoms with E-state index in [-0.39, 0.29) is 11.8 Å². The summed E-state index contributed by atoms with van der Waals surface area (Å²) in [7, 11) is 1.62. The Kier molecular flexibility index (Phi) is 6.12. The van der Waals surface area contributed by atoms with Gasteiger partial charge in [0.05, 0.1) is 18.7 Å². The standard InChI is InChI=1S/C28H24N2O4/c1-32-24-8-10-26-21(16-24)15-22(18-33-26)28(31)30-25-9-7-20(19-11-13-29-14-12-19)17-27(25)34-23-5-3-2-4-6-23/h2-14,16-17,22H,15,18H2,1H3,(H,30,31). The first-order chi connectivity index (χ1) is 16.7. The van der Waals surface area contributed by atoms with Crippen molar-refractivity contribution in [1.82, 2.24) is 4.98 Å². The Hall–Kier alpha value is -4.32. The number of benzene rings is 3. The number of ether oxygens (including phenoxy) is 3. The summed E-state index contributed by atoms with van der Waals surface area (Å²) in [6.45, 7) is 0.315. The van der Waals surface area contributed by atoms with E-state index in [2.05, 4.69) is 10.3 Å². The van der Waals surface area contributed by atoms with Crippen molar-refractivity contribution in [3.05, 3.63) is 96.8 Å². The molecule has 6 nitrogen and oxygen atoms in total. The zero-order valence-corrected chi connectivity index (χ0v) is 18.7. The number of carbonyl (C=O) groups is 1. The predicted molar refractivity (Wildman–Crippen MR) is 131 cm³/mol. The molecule has 34 heavy (non-hydrogen) atoms. The van der Waals surface area contributed by atoms with Gasteiger partial charge in [-0.25, -0.2) is 0 Å². The third kappa shape index (κ3) is 4.71. The van der Waals surface area contributed by atoms with Gasteiger partial charge >= 0.3 is 0 Å². The summed E-state index contributed by atoms with van der Waals surface area (Å²) in [5.74, 6) is 2.33. The maximum absolute atomic E-state index is 13.2. The van der Waals surface area contributed by atoms with Crippen LogP contribution in [0.4, 0.5) is 5.69 Å². The number of aromatic nitrogens is 1. The van der Waals surface area contributed by atoms with Crippen LogP contribution in [0.2, 0.25) is 0 Å². The lowest BCUT2D eigenvalue weighted by atomic mass is 9.95. The molecule has 5 rings (SSSR count). The van der Waals surface area contributed by atoms with Crippen LogP contribution in [-0.4, -0.2) is 24.6 Å². The molecule has 0 saturated heterocycles. The zero-order chi connectivity index (χ0) is 23.3. The fraction of sp³-hybridized carbons (Fsp3) is 0.143. The lowest BCUT2D eigenvalue weighted by molar-refractivity contribution is -0.121. The lowest BCUT2D eigenvalue weighted by Crippen LogP contribution is -2.32. The van der Waals surface area contributed by atoms with Gasteiger partial charge in [0.1, 0.15) is 23.9 Å². The Morgan fingerprint density at radius 2 is 1.76 bits per heavy atom. The van der Waals surface area contributed by atoms with Crippen molar-refractivity contribution in [2.24, 2.45) is 5.92 Å². The highest BCUT2D eigenvalue weighted by atomic mass is 16.5. The van der Waals surface area contributed by atoms with Crippen LogP contribution in [0.15, 0.2) is 91.3 Å². The van der Waals surface area contributed by atoms with Crippen molar-refractivity contribution in [3.63, 3.8) is 0 Å². The minimum Gasteiger partial charge on any atom is -0.497 e. The van der Waals surface area contributed by atoms with E-state index in [0.717, 1.165) is 28.2 Å². The highest BCUT2D eigenvalue weighted by Crippen LogP contribution is 2.36. The summed E-state index contributed by atoms with van der Waals surface area (Å²) in [4.78, 5) is 17.3. The summed E-state index contributed by atoms with van der Waals surface area (Å²) in [6.07, 6.45) is 4.07. The largest absolute Gasteiger partial charge is 0.497 e. The molecule has 6 heteroatoms. The van der Waals surface area contributed by atoms with Gasteiger partial charge in [0.25, 0.3) is 0 Å². The molecule has 1 aliphatic rings. The Morgan fingerprint density at radius 3 is 2.56 bits per heavy atom. The summed E-state index contributed by atoms with van der Waals surface area (Å²) >= 11 is 0. The van der Waals surface area contributed by atoms with Crippen molar-refractivity contribution < 1.29 is 19.0 Å². The second-order valence-electron chi connectivity index (χ2n) is 8.04. The molecule has 170 valence electrons. The van der Waals surface area contributed by atoms with Crippen LogP contribution in [0.5, 0.6) is 23.0 Å². The van der Waals surface area contributed by atoms with E-state index >= 15 is 0 Å². The van der Waals surface area contributed by atoms with Crippen molar-refractivity contribution in [2.45, 2.75) is 6.42 Å². The number of carbonyl (C=O) groups excluding carboxylic acids is 1. The smallest absolute Gasteiger partial charge is 0.231 e. The van der Waals surface area contributed by atoms with Gasteiger partial charge in [0.2, 0.25) is 5.91 Å². The van der Waals surface area contributed by atoms with E-state index in [1.165, 1.54) is 0 Å². The second-order valence-corrected chi connectivity index (χ2v) is 8.04. The molecule has 1 unspecified atom stereocenters. The van der Waals surface area contributed by atoms with Gasteiger partial charge in [0, 0.05) is 12.4 Å².